The molecule has 2 aromatic carbocycles. The van der Waals surface area contributed by atoms with Crippen LogP contribution in [0.4, 0.5) is 0 Å². The summed E-state index contributed by atoms with van der Waals surface area (Å²) >= 11 is 12.7. The predicted molar refractivity (Wildman–Crippen MR) is 123 cm³/mol. The number of ether oxygens (including phenoxy) is 2. The Balaban J connectivity index is 1.68. The van der Waals surface area contributed by atoms with Crippen LogP contribution in [0.15, 0.2) is 65.3 Å². The number of carbonyl (C=O) groups is 1. The van der Waals surface area contributed by atoms with Gasteiger partial charge >= 0.3 is 0 Å². The van der Waals surface area contributed by atoms with E-state index >= 15 is 0 Å². The van der Waals surface area contributed by atoms with E-state index in [9.17, 15) is 10.1 Å². The summed E-state index contributed by atoms with van der Waals surface area (Å²) in [4.78, 5) is 13.1. The van der Waals surface area contributed by atoms with Gasteiger partial charge in [0.15, 0.2) is 5.78 Å². The third kappa shape index (κ3) is 4.21. The molecule has 0 radical (unpaired) electrons. The van der Waals surface area contributed by atoms with Gasteiger partial charge < -0.3 is 15.2 Å². The number of nitrogens with two attached hydrogens (primary N) is 1. The molecule has 5 nitrogen and oxygen atoms in total. The molecule has 0 spiro atoms. The van der Waals surface area contributed by atoms with Gasteiger partial charge in [-0.05, 0) is 29.2 Å². The van der Waals surface area contributed by atoms with Gasteiger partial charge in [0.25, 0.3) is 0 Å². The maximum absolute atomic E-state index is 13.1. The zero-order chi connectivity index (χ0) is 23.0. The molecule has 2 N–H and O–H groups in total. The van der Waals surface area contributed by atoms with E-state index in [1.54, 1.807) is 24.3 Å². The average molecular weight is 469 g/mol. The van der Waals surface area contributed by atoms with Gasteiger partial charge in [0.2, 0.25) is 5.88 Å². The van der Waals surface area contributed by atoms with E-state index in [1.807, 2.05) is 32.0 Å². The number of hydrogen-bond donors (Lipinski definition) is 1. The number of ketones is 1. The van der Waals surface area contributed by atoms with Crippen molar-refractivity contribution in [2.45, 2.75) is 39.2 Å². The molecule has 1 heterocycles. The van der Waals surface area contributed by atoms with Crippen LogP contribution in [0, 0.1) is 16.7 Å². The highest BCUT2D eigenvalue weighted by molar-refractivity contribution is 6.32. The zero-order valence-electron chi connectivity index (χ0n) is 17.7. The molecule has 0 aromatic heterocycles. The predicted octanol–water partition coefficient (Wildman–Crippen LogP) is 6.02. The molecule has 0 unspecified atom stereocenters. The Labute approximate surface area is 197 Å². The number of halogens is 2. The van der Waals surface area contributed by atoms with Crippen LogP contribution >= 0.6 is 23.2 Å². The quantitative estimate of drug-likeness (QED) is 0.592. The van der Waals surface area contributed by atoms with Gasteiger partial charge in [0, 0.05) is 29.0 Å². The highest BCUT2D eigenvalue weighted by Crippen LogP contribution is 2.48. The Kier molecular flexibility index (Phi) is 5.94. The van der Waals surface area contributed by atoms with Crippen molar-refractivity contribution in [3.63, 3.8) is 0 Å². The largest absolute Gasteiger partial charge is 0.487 e. The fraction of sp³-hybridized carbons (Fsp3) is 0.280. The topological polar surface area (TPSA) is 85.3 Å². The molecule has 1 aliphatic carbocycles. The molecule has 32 heavy (non-hydrogen) atoms. The van der Waals surface area contributed by atoms with Crippen molar-refractivity contribution in [3.05, 3.63) is 86.4 Å². The van der Waals surface area contributed by atoms with Crippen LogP contribution in [-0.2, 0) is 16.1 Å². The maximum Gasteiger partial charge on any atom is 0.205 e. The SMILES string of the molecule is CC1(C)CC(=O)C2=C(C1)OC(N)=C(C#N)[C@@H]2c1ccc(OCc2ccccc2Cl)c(Cl)c1. The summed E-state index contributed by atoms with van der Waals surface area (Å²) in [5.74, 6) is 0.363. The molecule has 0 bridgehead atoms. The molecule has 0 amide bonds. The van der Waals surface area contributed by atoms with E-state index in [1.165, 1.54) is 0 Å². The number of Topliss-reactive ketones (excluding diaryl/α,β-unsaturated/α-hetero) is 1. The number of benzene rings is 2. The third-order valence-corrected chi connectivity index (χ3v) is 6.37. The van der Waals surface area contributed by atoms with Crippen LogP contribution in [-0.4, -0.2) is 5.78 Å². The molecular formula is C25H22Cl2N2O3. The molecule has 2 aromatic rings. The van der Waals surface area contributed by atoms with Gasteiger partial charge in [0.05, 0.1) is 10.9 Å². The summed E-state index contributed by atoms with van der Waals surface area (Å²) in [5, 5.41) is 10.7. The molecule has 0 fully saturated rings. The lowest BCUT2D eigenvalue weighted by Crippen LogP contribution is -2.33. The normalized spacial score (nSPS) is 19.8. The van der Waals surface area contributed by atoms with Gasteiger partial charge in [0.1, 0.15) is 29.8 Å². The Morgan fingerprint density at radius 1 is 1.19 bits per heavy atom. The van der Waals surface area contributed by atoms with Crippen molar-refractivity contribution < 1.29 is 14.3 Å². The lowest BCUT2D eigenvalue weighted by molar-refractivity contribution is -0.119. The van der Waals surface area contributed by atoms with Crippen molar-refractivity contribution >= 4 is 29.0 Å². The van der Waals surface area contributed by atoms with E-state index < -0.39 is 5.92 Å². The smallest absolute Gasteiger partial charge is 0.205 e. The van der Waals surface area contributed by atoms with Gasteiger partial charge in [-0.3, -0.25) is 4.79 Å². The molecule has 164 valence electrons. The van der Waals surface area contributed by atoms with Crippen molar-refractivity contribution in [3.8, 4) is 11.8 Å². The van der Waals surface area contributed by atoms with E-state index in [4.69, 9.17) is 38.4 Å². The van der Waals surface area contributed by atoms with Crippen molar-refractivity contribution in [2.24, 2.45) is 11.1 Å². The standard InChI is InChI=1S/C25H22Cl2N2O3/c1-25(2)10-19(30)23-21(11-25)32-24(29)16(12-28)22(23)14-7-8-20(18(27)9-14)31-13-15-5-3-4-6-17(15)26/h3-9,22H,10-11,13,29H2,1-2H3/t22-/m0/s1. The summed E-state index contributed by atoms with van der Waals surface area (Å²) in [6, 6.07) is 14.8. The third-order valence-electron chi connectivity index (χ3n) is 5.71. The maximum atomic E-state index is 13.1. The van der Waals surface area contributed by atoms with E-state index in [0.717, 1.165) is 5.56 Å². The van der Waals surface area contributed by atoms with Gasteiger partial charge in [-0.15, -0.1) is 0 Å². The number of carbonyl (C=O) groups excluding carboxylic acids is 1. The second kappa shape index (κ2) is 8.54. The molecular weight excluding hydrogens is 447 g/mol. The Morgan fingerprint density at radius 2 is 1.94 bits per heavy atom. The molecule has 1 aliphatic heterocycles. The van der Waals surface area contributed by atoms with Gasteiger partial charge in [-0.1, -0.05) is 61.3 Å². The summed E-state index contributed by atoms with van der Waals surface area (Å²) in [7, 11) is 0. The molecule has 4 rings (SSSR count). The number of nitrogens with zero attached hydrogens (tertiary/aromatic N) is 1. The number of hydrogen-bond acceptors (Lipinski definition) is 5. The monoisotopic (exact) mass is 468 g/mol. The molecule has 2 aliphatic rings. The average Bonchev–Trinajstić information content (AvgIpc) is 2.72. The van der Waals surface area contributed by atoms with Crippen LogP contribution in [0.3, 0.4) is 0 Å². The lowest BCUT2D eigenvalue weighted by atomic mass is 9.70. The van der Waals surface area contributed by atoms with Crippen molar-refractivity contribution in [1.29, 1.82) is 5.26 Å². The second-order valence-electron chi connectivity index (χ2n) is 8.77. The Morgan fingerprint density at radius 3 is 2.62 bits per heavy atom. The Hall–Kier alpha value is -2.94. The minimum atomic E-state index is -0.623. The number of rotatable bonds is 4. The minimum absolute atomic E-state index is 0.0249. The van der Waals surface area contributed by atoms with Gasteiger partial charge in [-0.25, -0.2) is 0 Å². The molecule has 0 saturated carbocycles. The first-order valence-corrected chi connectivity index (χ1v) is 11.0. The van der Waals surface area contributed by atoms with Gasteiger partial charge in [-0.2, -0.15) is 5.26 Å². The summed E-state index contributed by atoms with van der Waals surface area (Å²) in [5.41, 5.74) is 8.05. The molecule has 1 atom stereocenters. The van der Waals surface area contributed by atoms with Crippen LogP contribution in [0.2, 0.25) is 10.0 Å². The van der Waals surface area contributed by atoms with Crippen LogP contribution in [0.5, 0.6) is 5.75 Å². The first-order chi connectivity index (χ1) is 15.2. The highest BCUT2D eigenvalue weighted by atomic mass is 35.5. The summed E-state index contributed by atoms with van der Waals surface area (Å²) in [6.45, 7) is 4.28. The van der Waals surface area contributed by atoms with Crippen LogP contribution < -0.4 is 10.5 Å². The van der Waals surface area contributed by atoms with Crippen LogP contribution in [0.25, 0.3) is 0 Å². The first-order valence-electron chi connectivity index (χ1n) is 10.2. The molecule has 0 saturated heterocycles. The van der Waals surface area contributed by atoms with E-state index in [2.05, 4.69) is 6.07 Å². The number of allylic oxidation sites excluding steroid dienone is 3. The first kappa shape index (κ1) is 22.3. The summed E-state index contributed by atoms with van der Waals surface area (Å²) < 4.78 is 11.6. The lowest BCUT2D eigenvalue weighted by Gasteiger charge is -2.37. The van der Waals surface area contributed by atoms with Crippen LogP contribution in [0.1, 0.15) is 43.7 Å². The minimum Gasteiger partial charge on any atom is -0.487 e. The van der Waals surface area contributed by atoms with E-state index in [0.29, 0.717) is 45.5 Å². The van der Waals surface area contributed by atoms with Crippen molar-refractivity contribution in [1.82, 2.24) is 0 Å². The highest BCUT2D eigenvalue weighted by Gasteiger charge is 2.43. The second-order valence-corrected chi connectivity index (χ2v) is 9.59. The fourth-order valence-electron chi connectivity index (χ4n) is 4.20. The van der Waals surface area contributed by atoms with Crippen molar-refractivity contribution in [2.75, 3.05) is 0 Å². The summed E-state index contributed by atoms with van der Waals surface area (Å²) in [6.07, 6.45) is 0.938. The number of nitriles is 1. The molecule has 7 heteroatoms. The van der Waals surface area contributed by atoms with E-state index in [-0.39, 0.29) is 29.3 Å². The zero-order valence-corrected chi connectivity index (χ0v) is 19.3. The fourth-order valence-corrected chi connectivity index (χ4v) is 4.64. The Bertz CT molecular complexity index is 1210.